The summed E-state index contributed by atoms with van der Waals surface area (Å²) in [4.78, 5) is 24.5. The van der Waals surface area contributed by atoms with Crippen molar-refractivity contribution in [1.29, 1.82) is 0 Å². The molecule has 0 radical (unpaired) electrons. The fraction of sp³-hybridized carbons (Fsp3) is 0.333. The van der Waals surface area contributed by atoms with Gasteiger partial charge in [-0.3, -0.25) is 9.59 Å². The molecule has 0 unspecified atom stereocenters. The molecule has 0 N–H and O–H groups in total. The van der Waals surface area contributed by atoms with E-state index in [9.17, 15) is 23.1 Å². The zero-order chi connectivity index (χ0) is 16.1. The van der Waals surface area contributed by atoms with Crippen molar-refractivity contribution in [2.45, 2.75) is 30.6 Å². The van der Waals surface area contributed by atoms with E-state index in [1.165, 1.54) is 12.1 Å². The Morgan fingerprint density at radius 3 is 2.52 bits per heavy atom. The van der Waals surface area contributed by atoms with E-state index in [1.807, 2.05) is 0 Å². The number of carbonyl (C=O) groups excluding carboxylic acids is 2. The first-order chi connectivity index (χ1) is 10.3. The number of hydrogen-bond acceptors (Lipinski definition) is 5. The Morgan fingerprint density at radius 2 is 1.87 bits per heavy atom. The molecule has 1 heterocycles. The Balaban J connectivity index is 0.00000192. The average Bonchev–Trinajstić information content (AvgIpc) is 2.75. The molecular formula is C15H12ClNaO5S. The van der Waals surface area contributed by atoms with Crippen LogP contribution < -0.4 is 34.7 Å². The minimum absolute atomic E-state index is 0. The van der Waals surface area contributed by atoms with Crippen LogP contribution in [0.2, 0.25) is 5.02 Å². The van der Waals surface area contributed by atoms with E-state index >= 15 is 0 Å². The molecule has 0 aromatic heterocycles. The summed E-state index contributed by atoms with van der Waals surface area (Å²) in [5.74, 6) is -1.68. The van der Waals surface area contributed by atoms with Crippen LogP contribution in [0.1, 0.15) is 35.2 Å². The number of ketones is 2. The van der Waals surface area contributed by atoms with E-state index in [-0.39, 0.29) is 75.6 Å². The summed E-state index contributed by atoms with van der Waals surface area (Å²) in [5, 5.41) is 11.9. The monoisotopic (exact) mass is 362 g/mol. The second-order valence-electron chi connectivity index (χ2n) is 5.38. The van der Waals surface area contributed by atoms with Gasteiger partial charge >= 0.3 is 29.6 Å². The van der Waals surface area contributed by atoms with E-state index < -0.39 is 27.2 Å². The van der Waals surface area contributed by atoms with Crippen LogP contribution in [0.4, 0.5) is 0 Å². The second kappa shape index (κ2) is 6.69. The number of allylic oxidation sites excluding steroid dienone is 2. The molecule has 1 aromatic rings. The Labute approximate surface area is 160 Å². The molecule has 0 amide bonds. The molecule has 8 heteroatoms. The molecule has 116 valence electrons. The minimum atomic E-state index is -3.35. The van der Waals surface area contributed by atoms with Gasteiger partial charge in [0.25, 0.3) is 0 Å². The maximum atomic E-state index is 12.5. The molecule has 1 aliphatic heterocycles. The van der Waals surface area contributed by atoms with Crippen molar-refractivity contribution in [2.75, 3.05) is 5.75 Å². The summed E-state index contributed by atoms with van der Waals surface area (Å²) in [6.07, 6.45) is 1.02. The second-order valence-corrected chi connectivity index (χ2v) is 7.83. The molecule has 1 aromatic carbocycles. The fourth-order valence-corrected chi connectivity index (χ4v) is 4.80. The molecule has 5 nitrogen and oxygen atoms in total. The average molecular weight is 363 g/mol. The molecule has 1 aliphatic carbocycles. The molecule has 0 bridgehead atoms. The number of benzene rings is 1. The van der Waals surface area contributed by atoms with E-state index in [2.05, 4.69) is 0 Å². The van der Waals surface area contributed by atoms with Gasteiger partial charge in [0.15, 0.2) is 21.4 Å². The summed E-state index contributed by atoms with van der Waals surface area (Å²) in [5.41, 5.74) is 0.0777. The van der Waals surface area contributed by atoms with Gasteiger partial charge in [0.2, 0.25) is 0 Å². The van der Waals surface area contributed by atoms with Crippen molar-refractivity contribution in [1.82, 2.24) is 0 Å². The van der Waals surface area contributed by atoms with E-state index in [0.717, 1.165) is 0 Å². The third-order valence-electron chi connectivity index (χ3n) is 3.99. The third-order valence-corrected chi connectivity index (χ3v) is 6.22. The molecule has 0 saturated heterocycles. The van der Waals surface area contributed by atoms with Crippen molar-refractivity contribution >= 4 is 33.0 Å². The smallest absolute Gasteiger partial charge is 0.875 e. The van der Waals surface area contributed by atoms with Gasteiger partial charge in [0, 0.05) is 12.0 Å². The largest absolute Gasteiger partial charge is 1.00 e. The number of rotatable bonds is 2. The van der Waals surface area contributed by atoms with E-state index in [4.69, 9.17) is 11.6 Å². The van der Waals surface area contributed by atoms with Gasteiger partial charge < -0.3 is 5.11 Å². The van der Waals surface area contributed by atoms with Crippen LogP contribution in [0.5, 0.6) is 0 Å². The van der Waals surface area contributed by atoms with Crippen LogP contribution in [0.3, 0.4) is 0 Å². The van der Waals surface area contributed by atoms with Gasteiger partial charge in [-0.05, 0) is 37.0 Å². The van der Waals surface area contributed by atoms with Gasteiger partial charge in [-0.1, -0.05) is 11.6 Å². The van der Waals surface area contributed by atoms with E-state index in [0.29, 0.717) is 12.0 Å². The predicted octanol–water partition coefficient (Wildman–Crippen LogP) is -1.78. The molecule has 0 saturated carbocycles. The van der Waals surface area contributed by atoms with Crippen LogP contribution in [0, 0.1) is 0 Å². The number of Topliss-reactive ketones (excluding diaryl/α,β-unsaturated/α-hetero) is 2. The predicted molar refractivity (Wildman–Crippen MR) is 77.4 cm³/mol. The van der Waals surface area contributed by atoms with Gasteiger partial charge in [-0.15, -0.1) is 5.76 Å². The zero-order valence-electron chi connectivity index (χ0n) is 12.5. The normalized spacial score (nSPS) is 19.3. The fourth-order valence-electron chi connectivity index (χ4n) is 2.85. The summed E-state index contributed by atoms with van der Waals surface area (Å²) < 4.78 is 23.7. The Morgan fingerprint density at radius 1 is 1.17 bits per heavy atom. The number of sulfone groups is 1. The van der Waals surface area contributed by atoms with Gasteiger partial charge in [-0.25, -0.2) is 8.42 Å². The number of fused-ring (bicyclic) bond motifs is 1. The molecule has 2 aliphatic rings. The third kappa shape index (κ3) is 3.15. The first kappa shape index (κ1) is 18.7. The first-order valence-electron chi connectivity index (χ1n) is 6.85. The van der Waals surface area contributed by atoms with Crippen molar-refractivity contribution in [3.8, 4) is 0 Å². The quantitative estimate of drug-likeness (QED) is 0.352. The van der Waals surface area contributed by atoms with Crippen molar-refractivity contribution in [3.63, 3.8) is 0 Å². The van der Waals surface area contributed by atoms with E-state index in [1.54, 1.807) is 0 Å². The van der Waals surface area contributed by atoms with Crippen LogP contribution >= 0.6 is 11.6 Å². The maximum Gasteiger partial charge on any atom is 1.00 e. The summed E-state index contributed by atoms with van der Waals surface area (Å²) in [6.45, 7) is 0. The molecule has 0 fully saturated rings. The number of halogens is 1. The van der Waals surface area contributed by atoms with Gasteiger partial charge in [0.1, 0.15) is 0 Å². The topological polar surface area (TPSA) is 91.3 Å². The van der Waals surface area contributed by atoms with Crippen molar-refractivity contribution < 1.29 is 52.7 Å². The van der Waals surface area contributed by atoms with Crippen molar-refractivity contribution in [2.24, 2.45) is 0 Å². The number of carbonyl (C=O) groups is 2. The first-order valence-corrected chi connectivity index (χ1v) is 8.88. The molecule has 3 rings (SSSR count). The van der Waals surface area contributed by atoms with Crippen LogP contribution in [0.15, 0.2) is 28.4 Å². The van der Waals surface area contributed by atoms with Crippen molar-refractivity contribution in [3.05, 3.63) is 39.6 Å². The Bertz CT molecular complexity index is 842. The Kier molecular flexibility index (Phi) is 5.43. The maximum absolute atomic E-state index is 12.5. The van der Waals surface area contributed by atoms with Crippen LogP contribution in [0.25, 0.3) is 0 Å². The number of hydrogen-bond donors (Lipinski definition) is 0. The Hall–Kier alpha value is -0.660. The molecule has 0 atom stereocenters. The summed E-state index contributed by atoms with van der Waals surface area (Å²) in [6, 6.07) is 2.61. The summed E-state index contributed by atoms with van der Waals surface area (Å²) in [7, 11) is -3.35. The summed E-state index contributed by atoms with van der Waals surface area (Å²) >= 11 is 6.17. The SMILES string of the molecule is O=C1CCCC([O-])=C1C(=O)c1ccc2c(c1Cl)CCS2(=O)=O.[Na+]. The molecular weight excluding hydrogens is 351 g/mol. The van der Waals surface area contributed by atoms with Gasteiger partial charge in [-0.2, -0.15) is 0 Å². The minimum Gasteiger partial charge on any atom is -0.875 e. The molecule has 23 heavy (non-hydrogen) atoms. The van der Waals surface area contributed by atoms with Gasteiger partial charge in [0.05, 0.1) is 21.2 Å². The van der Waals surface area contributed by atoms with Crippen LogP contribution in [-0.4, -0.2) is 25.7 Å². The standard InChI is InChI=1S/C15H13ClO5S.Na/c16-14-8-6-7-22(20,21)12(8)5-4-9(14)15(19)13-10(17)2-1-3-11(13)18;/h4-5,17H,1-3,6-7H2;/q;+1/p-1. The molecule has 0 spiro atoms. The van der Waals surface area contributed by atoms with Crippen LogP contribution in [-0.2, 0) is 21.1 Å². The zero-order valence-corrected chi connectivity index (χ0v) is 16.1.